The quantitative estimate of drug-likeness (QED) is 0.441. The van der Waals surface area contributed by atoms with E-state index in [4.69, 9.17) is 0 Å². The Bertz CT molecular complexity index is 863. The molecule has 1 saturated heterocycles. The first kappa shape index (κ1) is 21.7. The van der Waals surface area contributed by atoms with Crippen molar-refractivity contribution in [1.82, 2.24) is 10.2 Å². The molecule has 4 rings (SSSR count). The van der Waals surface area contributed by atoms with E-state index in [0.717, 1.165) is 32.6 Å². The molecular weight excluding hydrogens is 375 g/mol. The fraction of sp³-hybridized carbons (Fsp3) is 0.304. The van der Waals surface area contributed by atoms with Crippen molar-refractivity contribution >= 4 is 46.4 Å². The standard InChI is InChI=1S/C23H26N2.2ClH/c1-17(2)15-22(25-13-11-24-12-14-25)23-20-9-5-3-7-18(20)16-19-8-4-6-10-21(19)23;;/h3-10,16,22,24H,1,11-15H2,2H3;2*1H/t22-;;/m1../s1. The normalized spacial score (nSPS) is 15.7. The minimum absolute atomic E-state index is 0. The average molecular weight is 403 g/mol. The molecule has 27 heavy (non-hydrogen) atoms. The van der Waals surface area contributed by atoms with Crippen LogP contribution in [0.3, 0.4) is 0 Å². The largest absolute Gasteiger partial charge is 0.314 e. The minimum Gasteiger partial charge on any atom is -0.314 e. The summed E-state index contributed by atoms with van der Waals surface area (Å²) >= 11 is 0. The average Bonchev–Trinajstić information content (AvgIpc) is 2.65. The van der Waals surface area contributed by atoms with Crippen molar-refractivity contribution in [2.24, 2.45) is 0 Å². The van der Waals surface area contributed by atoms with Crippen LogP contribution in [0.1, 0.15) is 24.9 Å². The predicted molar refractivity (Wildman–Crippen MR) is 123 cm³/mol. The second-order valence-corrected chi connectivity index (χ2v) is 7.20. The number of nitrogens with one attached hydrogen (secondary N) is 1. The molecule has 2 nitrogen and oxygen atoms in total. The lowest BCUT2D eigenvalue weighted by Gasteiger charge is -2.36. The summed E-state index contributed by atoms with van der Waals surface area (Å²) in [6, 6.07) is 20.3. The van der Waals surface area contributed by atoms with Gasteiger partial charge in [-0.05, 0) is 46.5 Å². The van der Waals surface area contributed by atoms with E-state index in [0.29, 0.717) is 6.04 Å². The zero-order valence-corrected chi connectivity index (χ0v) is 17.4. The highest BCUT2D eigenvalue weighted by Crippen LogP contribution is 2.38. The number of hydrogen-bond acceptors (Lipinski definition) is 2. The van der Waals surface area contributed by atoms with Crippen molar-refractivity contribution in [3.63, 3.8) is 0 Å². The van der Waals surface area contributed by atoms with Crippen LogP contribution in [0.2, 0.25) is 0 Å². The molecule has 0 aliphatic carbocycles. The summed E-state index contributed by atoms with van der Waals surface area (Å²) in [6.45, 7) is 10.7. The molecule has 0 unspecified atom stereocenters. The van der Waals surface area contributed by atoms with E-state index in [1.54, 1.807) is 0 Å². The van der Waals surface area contributed by atoms with Gasteiger partial charge in [0.1, 0.15) is 0 Å². The Morgan fingerprint density at radius 1 is 0.963 bits per heavy atom. The highest BCUT2D eigenvalue weighted by molar-refractivity contribution is 6.02. The van der Waals surface area contributed by atoms with Gasteiger partial charge in [-0.3, -0.25) is 4.90 Å². The van der Waals surface area contributed by atoms with Gasteiger partial charge in [0.05, 0.1) is 0 Å². The molecule has 4 heteroatoms. The zero-order valence-electron chi connectivity index (χ0n) is 15.8. The Morgan fingerprint density at radius 3 is 2.00 bits per heavy atom. The lowest BCUT2D eigenvalue weighted by molar-refractivity contribution is 0.174. The molecular formula is C23H28Cl2N2. The lowest BCUT2D eigenvalue weighted by atomic mass is 9.88. The third-order valence-corrected chi connectivity index (χ3v) is 5.28. The Morgan fingerprint density at radius 2 is 1.48 bits per heavy atom. The highest BCUT2D eigenvalue weighted by atomic mass is 35.5. The van der Waals surface area contributed by atoms with E-state index in [1.165, 1.54) is 32.7 Å². The van der Waals surface area contributed by atoms with Gasteiger partial charge in [0, 0.05) is 32.2 Å². The van der Waals surface area contributed by atoms with Crippen molar-refractivity contribution in [1.29, 1.82) is 0 Å². The van der Waals surface area contributed by atoms with Gasteiger partial charge in [-0.1, -0.05) is 54.1 Å². The van der Waals surface area contributed by atoms with Gasteiger partial charge < -0.3 is 5.32 Å². The van der Waals surface area contributed by atoms with E-state index in [2.05, 4.69) is 78.3 Å². The molecule has 1 N–H and O–H groups in total. The molecule has 0 bridgehead atoms. The SMILES string of the molecule is C=C(C)C[C@H](c1c2ccccc2cc2ccccc12)N1CCNCC1.Cl.Cl. The molecule has 1 aliphatic heterocycles. The Hall–Kier alpha value is -1.58. The number of nitrogens with zero attached hydrogens (tertiary/aromatic N) is 1. The van der Waals surface area contributed by atoms with Crippen LogP contribution in [0.15, 0.2) is 66.7 Å². The molecule has 1 atom stereocenters. The number of rotatable bonds is 4. The van der Waals surface area contributed by atoms with Crippen molar-refractivity contribution < 1.29 is 0 Å². The summed E-state index contributed by atoms with van der Waals surface area (Å²) in [7, 11) is 0. The van der Waals surface area contributed by atoms with Gasteiger partial charge in [0.2, 0.25) is 0 Å². The first-order valence-electron chi connectivity index (χ1n) is 9.23. The molecule has 1 aliphatic rings. The van der Waals surface area contributed by atoms with Crippen LogP contribution in [-0.4, -0.2) is 31.1 Å². The van der Waals surface area contributed by atoms with Crippen molar-refractivity contribution in [3.8, 4) is 0 Å². The molecule has 1 heterocycles. The monoisotopic (exact) mass is 402 g/mol. The summed E-state index contributed by atoms with van der Waals surface area (Å²) in [5.41, 5.74) is 2.72. The Balaban J connectivity index is 0.00000131. The summed E-state index contributed by atoms with van der Waals surface area (Å²) < 4.78 is 0. The maximum atomic E-state index is 4.23. The molecule has 0 radical (unpaired) electrons. The Labute approximate surface area is 174 Å². The van der Waals surface area contributed by atoms with E-state index in [1.807, 2.05) is 0 Å². The number of fused-ring (bicyclic) bond motifs is 2. The smallest absolute Gasteiger partial charge is 0.0398 e. The summed E-state index contributed by atoms with van der Waals surface area (Å²) in [6.07, 6.45) is 1.01. The number of halogens is 2. The van der Waals surface area contributed by atoms with Crippen LogP contribution in [-0.2, 0) is 0 Å². The Kier molecular flexibility index (Phi) is 7.69. The molecule has 0 saturated carbocycles. The van der Waals surface area contributed by atoms with Gasteiger partial charge >= 0.3 is 0 Å². The summed E-state index contributed by atoms with van der Waals surface area (Å²) in [4.78, 5) is 2.64. The minimum atomic E-state index is 0. The fourth-order valence-corrected chi connectivity index (χ4v) is 4.15. The van der Waals surface area contributed by atoms with Crippen LogP contribution in [0.25, 0.3) is 21.5 Å². The third kappa shape index (κ3) is 4.47. The maximum Gasteiger partial charge on any atom is 0.0398 e. The lowest BCUT2D eigenvalue weighted by Crippen LogP contribution is -2.45. The second-order valence-electron chi connectivity index (χ2n) is 7.20. The van der Waals surface area contributed by atoms with Crippen LogP contribution >= 0.6 is 24.8 Å². The predicted octanol–water partition coefficient (Wildman–Crippen LogP) is 5.75. The fourth-order valence-electron chi connectivity index (χ4n) is 4.15. The van der Waals surface area contributed by atoms with Crippen LogP contribution in [0.4, 0.5) is 0 Å². The van der Waals surface area contributed by atoms with E-state index in [-0.39, 0.29) is 24.8 Å². The van der Waals surface area contributed by atoms with Crippen molar-refractivity contribution in [2.75, 3.05) is 26.2 Å². The molecule has 3 aromatic rings. The van der Waals surface area contributed by atoms with Crippen LogP contribution in [0.5, 0.6) is 0 Å². The van der Waals surface area contributed by atoms with E-state index in [9.17, 15) is 0 Å². The third-order valence-electron chi connectivity index (χ3n) is 5.28. The highest BCUT2D eigenvalue weighted by Gasteiger charge is 2.25. The van der Waals surface area contributed by atoms with Gasteiger partial charge in [-0.25, -0.2) is 0 Å². The summed E-state index contributed by atoms with van der Waals surface area (Å²) in [5, 5.41) is 8.91. The second kappa shape index (κ2) is 9.57. The first-order chi connectivity index (χ1) is 12.2. The maximum absolute atomic E-state index is 4.23. The first-order valence-corrected chi connectivity index (χ1v) is 9.23. The van der Waals surface area contributed by atoms with Crippen molar-refractivity contribution in [3.05, 3.63) is 72.3 Å². The van der Waals surface area contributed by atoms with Crippen molar-refractivity contribution in [2.45, 2.75) is 19.4 Å². The van der Waals surface area contributed by atoms with Gasteiger partial charge in [0.25, 0.3) is 0 Å². The van der Waals surface area contributed by atoms with E-state index >= 15 is 0 Å². The molecule has 0 spiro atoms. The zero-order chi connectivity index (χ0) is 17.2. The molecule has 0 amide bonds. The molecule has 144 valence electrons. The number of benzene rings is 3. The number of hydrogen-bond donors (Lipinski definition) is 1. The van der Waals surface area contributed by atoms with Gasteiger partial charge in [0.15, 0.2) is 0 Å². The molecule has 3 aromatic carbocycles. The van der Waals surface area contributed by atoms with Crippen LogP contribution < -0.4 is 5.32 Å². The molecule has 1 fully saturated rings. The summed E-state index contributed by atoms with van der Waals surface area (Å²) in [5.74, 6) is 0. The van der Waals surface area contributed by atoms with E-state index < -0.39 is 0 Å². The number of piperazine rings is 1. The molecule has 0 aromatic heterocycles. The van der Waals surface area contributed by atoms with Gasteiger partial charge in [-0.2, -0.15) is 0 Å². The topological polar surface area (TPSA) is 15.3 Å². The van der Waals surface area contributed by atoms with Crippen LogP contribution in [0, 0.1) is 0 Å². The van der Waals surface area contributed by atoms with Gasteiger partial charge in [-0.15, -0.1) is 31.4 Å².